The van der Waals surface area contributed by atoms with Crippen molar-refractivity contribution in [3.8, 4) is 5.75 Å². The highest BCUT2D eigenvalue weighted by Gasteiger charge is 2.18. The van der Waals surface area contributed by atoms with E-state index in [9.17, 15) is 4.79 Å². The third-order valence-corrected chi connectivity index (χ3v) is 5.03. The number of hydrogen-bond acceptors (Lipinski definition) is 3. The van der Waals surface area contributed by atoms with E-state index in [-0.39, 0.29) is 11.8 Å². The van der Waals surface area contributed by atoms with E-state index in [1.54, 1.807) is 7.11 Å². The van der Waals surface area contributed by atoms with Crippen molar-refractivity contribution in [2.24, 2.45) is 5.92 Å². The van der Waals surface area contributed by atoms with E-state index >= 15 is 0 Å². The lowest BCUT2D eigenvalue weighted by molar-refractivity contribution is -0.119. The van der Waals surface area contributed by atoms with Crippen molar-refractivity contribution in [2.45, 2.75) is 34.2 Å². The van der Waals surface area contributed by atoms with Crippen molar-refractivity contribution >= 4 is 27.5 Å². The summed E-state index contributed by atoms with van der Waals surface area (Å²) in [6.45, 7) is 8.32. The molecule has 0 bridgehead atoms. The quantitative estimate of drug-likeness (QED) is 0.857. The van der Waals surface area contributed by atoms with Gasteiger partial charge in [-0.1, -0.05) is 6.92 Å². The molecule has 6 heteroatoms. The number of hydrogen-bond donors (Lipinski definition) is 1. The molecule has 0 aliphatic carbocycles. The topological polar surface area (TPSA) is 56.1 Å². The summed E-state index contributed by atoms with van der Waals surface area (Å²) in [5.41, 5.74) is 3.74. The maximum atomic E-state index is 12.4. The molecule has 0 spiro atoms. The van der Waals surface area contributed by atoms with Gasteiger partial charge in [0.05, 0.1) is 29.7 Å². The number of halogens is 1. The lowest BCUT2D eigenvalue weighted by Gasteiger charge is -2.15. The van der Waals surface area contributed by atoms with Gasteiger partial charge in [0.1, 0.15) is 5.75 Å². The summed E-state index contributed by atoms with van der Waals surface area (Å²) in [4.78, 5) is 12.4. The van der Waals surface area contributed by atoms with Gasteiger partial charge in [-0.25, -0.2) is 0 Å². The maximum absolute atomic E-state index is 12.4. The SMILES string of the molecule is COc1ccc(NC(=O)[C@H](C)Cn2nc(C)c(Br)c2C)c(C)c1. The lowest BCUT2D eigenvalue weighted by Crippen LogP contribution is -2.25. The first-order valence-electron chi connectivity index (χ1n) is 7.48. The maximum Gasteiger partial charge on any atom is 0.229 e. The minimum atomic E-state index is -0.193. The van der Waals surface area contributed by atoms with Crippen molar-refractivity contribution in [3.63, 3.8) is 0 Å². The Morgan fingerprint density at radius 2 is 2.09 bits per heavy atom. The van der Waals surface area contributed by atoms with E-state index in [1.807, 2.05) is 50.6 Å². The Morgan fingerprint density at radius 1 is 1.39 bits per heavy atom. The normalized spacial score (nSPS) is 12.1. The first-order chi connectivity index (χ1) is 10.8. The van der Waals surface area contributed by atoms with Gasteiger partial charge < -0.3 is 10.1 Å². The molecule has 5 nitrogen and oxygen atoms in total. The van der Waals surface area contributed by atoms with Gasteiger partial charge in [-0.15, -0.1) is 0 Å². The first-order valence-corrected chi connectivity index (χ1v) is 8.27. The van der Waals surface area contributed by atoms with E-state index in [2.05, 4.69) is 26.3 Å². The van der Waals surface area contributed by atoms with Crippen LogP contribution in [0.3, 0.4) is 0 Å². The molecule has 124 valence electrons. The second kappa shape index (κ2) is 7.17. The molecule has 2 aromatic rings. The molecule has 0 fully saturated rings. The Hall–Kier alpha value is -1.82. The van der Waals surface area contributed by atoms with Gasteiger partial charge in [-0.05, 0) is 60.5 Å². The number of ether oxygens (including phenoxy) is 1. The number of rotatable bonds is 5. The number of aromatic nitrogens is 2. The zero-order chi connectivity index (χ0) is 17.1. The fraction of sp³-hybridized carbons (Fsp3) is 0.412. The molecular formula is C17H22BrN3O2. The molecule has 0 saturated heterocycles. The third kappa shape index (κ3) is 3.93. The van der Waals surface area contributed by atoms with Crippen LogP contribution in [0.15, 0.2) is 22.7 Å². The number of carbonyl (C=O) groups is 1. The minimum absolute atomic E-state index is 0.0260. The molecule has 1 amide bonds. The van der Waals surface area contributed by atoms with Crippen LogP contribution in [0.1, 0.15) is 23.9 Å². The molecule has 0 aliphatic rings. The van der Waals surface area contributed by atoms with Crippen molar-refractivity contribution in [3.05, 3.63) is 39.6 Å². The summed E-state index contributed by atoms with van der Waals surface area (Å²) >= 11 is 3.51. The number of nitrogens with zero attached hydrogens (tertiary/aromatic N) is 2. The Morgan fingerprint density at radius 3 is 2.61 bits per heavy atom. The van der Waals surface area contributed by atoms with Crippen LogP contribution in [-0.4, -0.2) is 22.8 Å². The number of carbonyl (C=O) groups excluding carboxylic acids is 1. The molecule has 0 saturated carbocycles. The Kier molecular flexibility index (Phi) is 5.46. The van der Waals surface area contributed by atoms with Crippen LogP contribution in [0.4, 0.5) is 5.69 Å². The molecule has 1 aromatic heterocycles. The summed E-state index contributed by atoms with van der Waals surface area (Å²) in [6, 6.07) is 5.60. The van der Waals surface area contributed by atoms with Crippen LogP contribution in [0.25, 0.3) is 0 Å². The number of methoxy groups -OCH3 is 1. The predicted octanol–water partition coefficient (Wildman–Crippen LogP) is 3.85. The van der Waals surface area contributed by atoms with E-state index in [0.29, 0.717) is 6.54 Å². The van der Waals surface area contributed by atoms with E-state index in [4.69, 9.17) is 4.74 Å². The molecule has 0 unspecified atom stereocenters. The van der Waals surface area contributed by atoms with Crippen molar-refractivity contribution in [1.82, 2.24) is 9.78 Å². The number of nitrogens with one attached hydrogen (secondary N) is 1. The highest BCUT2D eigenvalue weighted by Crippen LogP contribution is 2.23. The molecule has 1 atom stereocenters. The van der Waals surface area contributed by atoms with E-state index < -0.39 is 0 Å². The fourth-order valence-corrected chi connectivity index (χ4v) is 2.64. The van der Waals surface area contributed by atoms with Crippen LogP contribution < -0.4 is 10.1 Å². The molecule has 1 heterocycles. The Bertz CT molecular complexity index is 725. The largest absolute Gasteiger partial charge is 0.497 e. The van der Waals surface area contributed by atoms with Gasteiger partial charge in [0.15, 0.2) is 0 Å². The number of amides is 1. The van der Waals surface area contributed by atoms with Crippen molar-refractivity contribution < 1.29 is 9.53 Å². The van der Waals surface area contributed by atoms with Crippen molar-refractivity contribution in [1.29, 1.82) is 0 Å². The van der Waals surface area contributed by atoms with Crippen molar-refractivity contribution in [2.75, 3.05) is 12.4 Å². The van der Waals surface area contributed by atoms with Crippen LogP contribution >= 0.6 is 15.9 Å². The van der Waals surface area contributed by atoms with Crippen LogP contribution in [0.5, 0.6) is 5.75 Å². The Labute approximate surface area is 145 Å². The summed E-state index contributed by atoms with van der Waals surface area (Å²) in [7, 11) is 1.63. The fourth-order valence-electron chi connectivity index (χ4n) is 2.35. The molecule has 2 rings (SSSR count). The van der Waals surface area contributed by atoms with Gasteiger partial charge in [0.2, 0.25) is 5.91 Å². The molecule has 1 N–H and O–H groups in total. The van der Waals surface area contributed by atoms with E-state index in [1.165, 1.54) is 0 Å². The van der Waals surface area contributed by atoms with Gasteiger partial charge in [0, 0.05) is 11.4 Å². The molecular weight excluding hydrogens is 358 g/mol. The third-order valence-electron chi connectivity index (χ3n) is 3.88. The minimum Gasteiger partial charge on any atom is -0.497 e. The average molecular weight is 380 g/mol. The van der Waals surface area contributed by atoms with Crippen LogP contribution in [0, 0.1) is 26.7 Å². The first kappa shape index (κ1) is 17.5. The smallest absolute Gasteiger partial charge is 0.229 e. The van der Waals surface area contributed by atoms with Crippen LogP contribution in [-0.2, 0) is 11.3 Å². The second-order valence-electron chi connectivity index (χ2n) is 5.74. The number of aryl methyl sites for hydroxylation is 2. The predicted molar refractivity (Wildman–Crippen MR) is 94.9 cm³/mol. The molecule has 0 radical (unpaired) electrons. The van der Waals surface area contributed by atoms with Gasteiger partial charge >= 0.3 is 0 Å². The van der Waals surface area contributed by atoms with Gasteiger partial charge in [-0.3, -0.25) is 9.48 Å². The zero-order valence-electron chi connectivity index (χ0n) is 14.1. The monoisotopic (exact) mass is 379 g/mol. The summed E-state index contributed by atoms with van der Waals surface area (Å²) in [6.07, 6.45) is 0. The standard InChI is InChI=1S/C17H22BrN3O2/c1-10-8-14(23-5)6-7-15(10)19-17(22)11(2)9-21-13(4)16(18)12(3)20-21/h6-8,11H,9H2,1-5H3,(H,19,22)/t11-/m1/s1. The zero-order valence-corrected chi connectivity index (χ0v) is 15.7. The number of benzene rings is 1. The van der Waals surface area contributed by atoms with Gasteiger partial charge in [0.25, 0.3) is 0 Å². The second-order valence-corrected chi connectivity index (χ2v) is 6.53. The number of anilines is 1. The summed E-state index contributed by atoms with van der Waals surface area (Å²) < 4.78 is 8.04. The lowest BCUT2D eigenvalue weighted by atomic mass is 10.1. The Balaban J connectivity index is 2.06. The molecule has 23 heavy (non-hydrogen) atoms. The van der Waals surface area contributed by atoms with Gasteiger partial charge in [-0.2, -0.15) is 5.10 Å². The summed E-state index contributed by atoms with van der Waals surface area (Å²) in [5, 5.41) is 7.43. The summed E-state index contributed by atoms with van der Waals surface area (Å²) in [5.74, 6) is 0.560. The average Bonchev–Trinajstić information content (AvgIpc) is 2.76. The molecule has 1 aromatic carbocycles. The van der Waals surface area contributed by atoms with E-state index in [0.717, 1.165) is 32.9 Å². The molecule has 0 aliphatic heterocycles. The highest BCUT2D eigenvalue weighted by molar-refractivity contribution is 9.10. The van der Waals surface area contributed by atoms with Crippen LogP contribution in [0.2, 0.25) is 0 Å². The highest BCUT2D eigenvalue weighted by atomic mass is 79.9.